The van der Waals surface area contributed by atoms with E-state index < -0.39 is 0 Å². The summed E-state index contributed by atoms with van der Waals surface area (Å²) < 4.78 is 0. The molecule has 0 radical (unpaired) electrons. The quantitative estimate of drug-likeness (QED) is 0.902. The highest BCUT2D eigenvalue weighted by molar-refractivity contribution is 5.85. The summed E-state index contributed by atoms with van der Waals surface area (Å²) in [6, 6.07) is 9.31. The molecule has 0 atom stereocenters. The van der Waals surface area contributed by atoms with E-state index in [4.69, 9.17) is 5.73 Å². The third-order valence-corrected chi connectivity index (χ3v) is 3.83. The van der Waals surface area contributed by atoms with Gasteiger partial charge in [-0.1, -0.05) is 24.3 Å². The van der Waals surface area contributed by atoms with Crippen LogP contribution < -0.4 is 5.73 Å². The predicted octanol–water partition coefficient (Wildman–Crippen LogP) is 1.53. The van der Waals surface area contributed by atoms with Crippen LogP contribution in [-0.4, -0.2) is 29.4 Å². The van der Waals surface area contributed by atoms with Gasteiger partial charge in [-0.05, 0) is 36.8 Å². The van der Waals surface area contributed by atoms with Gasteiger partial charge in [0.05, 0.1) is 6.54 Å². The largest absolute Gasteiger partial charge is 0.335 e. The highest BCUT2D eigenvalue weighted by Crippen LogP contribution is 2.34. The zero-order valence-corrected chi connectivity index (χ0v) is 11.2. The van der Waals surface area contributed by atoms with Gasteiger partial charge in [-0.25, -0.2) is 0 Å². The van der Waals surface area contributed by atoms with Crippen LogP contribution in [0.5, 0.6) is 0 Å². The first-order valence-corrected chi connectivity index (χ1v) is 6.37. The number of fused-ring (bicyclic) bond motifs is 1. The topological polar surface area (TPSA) is 46.3 Å². The van der Waals surface area contributed by atoms with Gasteiger partial charge in [-0.15, -0.1) is 12.4 Å². The van der Waals surface area contributed by atoms with Crippen molar-refractivity contribution in [1.29, 1.82) is 0 Å². The Morgan fingerprint density at radius 3 is 2.17 bits per heavy atom. The summed E-state index contributed by atoms with van der Waals surface area (Å²) in [5.41, 5.74) is 8.31. The fourth-order valence-corrected chi connectivity index (χ4v) is 2.90. The molecule has 2 N–H and O–H groups in total. The lowest BCUT2D eigenvalue weighted by Gasteiger charge is -2.28. The van der Waals surface area contributed by atoms with Crippen LogP contribution in [0.25, 0.3) is 0 Å². The molecular formula is C14H19ClN2O. The Morgan fingerprint density at radius 1 is 1.17 bits per heavy atom. The molecule has 0 aliphatic heterocycles. The van der Waals surface area contributed by atoms with Crippen molar-refractivity contribution in [3.05, 3.63) is 35.4 Å². The monoisotopic (exact) mass is 266 g/mol. The minimum Gasteiger partial charge on any atom is -0.335 e. The Balaban J connectivity index is 0.00000120. The molecule has 2 aliphatic carbocycles. The van der Waals surface area contributed by atoms with E-state index in [2.05, 4.69) is 29.2 Å². The highest BCUT2D eigenvalue weighted by atomic mass is 35.5. The molecule has 98 valence electrons. The SMILES string of the molecule is Cl.NCC(=O)N(C1CC1)C1Cc2ccccc2C1. The van der Waals surface area contributed by atoms with E-state index >= 15 is 0 Å². The standard InChI is InChI=1S/C14H18N2O.ClH/c15-9-14(17)16(12-5-6-12)13-7-10-3-1-2-4-11(10)8-13;/h1-4,12-13H,5-9,15H2;1H. The fraction of sp³-hybridized carbons (Fsp3) is 0.500. The molecular weight excluding hydrogens is 248 g/mol. The minimum atomic E-state index is 0. The predicted molar refractivity (Wildman–Crippen MR) is 73.8 cm³/mol. The van der Waals surface area contributed by atoms with Gasteiger partial charge in [0.1, 0.15) is 0 Å². The molecule has 0 saturated heterocycles. The molecule has 0 heterocycles. The molecule has 1 fully saturated rings. The smallest absolute Gasteiger partial charge is 0.236 e. The van der Waals surface area contributed by atoms with E-state index in [9.17, 15) is 4.79 Å². The number of nitrogens with zero attached hydrogens (tertiary/aromatic N) is 1. The van der Waals surface area contributed by atoms with Crippen LogP contribution in [0.4, 0.5) is 0 Å². The van der Waals surface area contributed by atoms with E-state index in [1.165, 1.54) is 11.1 Å². The lowest BCUT2D eigenvalue weighted by atomic mass is 10.1. The normalized spacial score (nSPS) is 18.1. The molecule has 1 saturated carbocycles. The Bertz CT molecular complexity index is 420. The molecule has 1 amide bonds. The maximum Gasteiger partial charge on any atom is 0.236 e. The van der Waals surface area contributed by atoms with E-state index in [1.54, 1.807) is 0 Å². The second-order valence-corrected chi connectivity index (χ2v) is 5.07. The molecule has 0 unspecified atom stereocenters. The lowest BCUT2D eigenvalue weighted by molar-refractivity contribution is -0.132. The molecule has 3 rings (SSSR count). The molecule has 0 aromatic heterocycles. The van der Waals surface area contributed by atoms with Crippen LogP contribution in [0, 0.1) is 0 Å². The number of hydrogen-bond donors (Lipinski definition) is 1. The summed E-state index contributed by atoms with van der Waals surface area (Å²) in [5.74, 6) is 0.116. The van der Waals surface area contributed by atoms with Gasteiger partial charge in [0, 0.05) is 12.1 Å². The van der Waals surface area contributed by atoms with Crippen molar-refractivity contribution >= 4 is 18.3 Å². The van der Waals surface area contributed by atoms with Gasteiger partial charge in [-0.3, -0.25) is 4.79 Å². The summed E-state index contributed by atoms with van der Waals surface area (Å²) in [6.07, 6.45) is 4.30. The Kier molecular flexibility index (Phi) is 3.93. The zero-order chi connectivity index (χ0) is 11.8. The van der Waals surface area contributed by atoms with Gasteiger partial charge in [0.25, 0.3) is 0 Å². The first kappa shape index (κ1) is 13.4. The van der Waals surface area contributed by atoms with Crippen LogP contribution >= 0.6 is 12.4 Å². The third-order valence-electron chi connectivity index (χ3n) is 3.83. The van der Waals surface area contributed by atoms with Crippen molar-refractivity contribution in [3.8, 4) is 0 Å². The average Bonchev–Trinajstić information content (AvgIpc) is 3.08. The van der Waals surface area contributed by atoms with Crippen LogP contribution in [-0.2, 0) is 17.6 Å². The minimum absolute atomic E-state index is 0. The van der Waals surface area contributed by atoms with Crippen LogP contribution in [0.1, 0.15) is 24.0 Å². The maximum absolute atomic E-state index is 11.9. The molecule has 0 spiro atoms. The lowest BCUT2D eigenvalue weighted by Crippen LogP contribution is -2.45. The molecule has 0 bridgehead atoms. The summed E-state index contributed by atoms with van der Waals surface area (Å²) in [5, 5.41) is 0. The summed E-state index contributed by atoms with van der Waals surface area (Å²) in [4.78, 5) is 14.0. The van der Waals surface area contributed by atoms with Crippen molar-refractivity contribution in [1.82, 2.24) is 4.90 Å². The number of carbonyl (C=O) groups excluding carboxylic acids is 1. The molecule has 1 aromatic carbocycles. The van der Waals surface area contributed by atoms with Crippen LogP contribution in [0.15, 0.2) is 24.3 Å². The Hall–Kier alpha value is -1.06. The van der Waals surface area contributed by atoms with Gasteiger partial charge >= 0.3 is 0 Å². The summed E-state index contributed by atoms with van der Waals surface area (Å²) in [7, 11) is 0. The van der Waals surface area contributed by atoms with Crippen molar-refractivity contribution in [3.63, 3.8) is 0 Å². The maximum atomic E-state index is 11.9. The first-order valence-electron chi connectivity index (χ1n) is 6.37. The number of carbonyl (C=O) groups is 1. The number of halogens is 1. The van der Waals surface area contributed by atoms with E-state index in [1.807, 2.05) is 0 Å². The van der Waals surface area contributed by atoms with Gasteiger partial charge < -0.3 is 10.6 Å². The second kappa shape index (κ2) is 5.29. The molecule has 1 aromatic rings. The number of amides is 1. The number of nitrogens with two attached hydrogens (primary N) is 1. The van der Waals surface area contributed by atoms with Gasteiger partial charge in [0.2, 0.25) is 5.91 Å². The molecule has 4 heteroatoms. The van der Waals surface area contributed by atoms with Crippen molar-refractivity contribution < 1.29 is 4.79 Å². The summed E-state index contributed by atoms with van der Waals surface area (Å²) in [6.45, 7) is 0.142. The Labute approximate surface area is 114 Å². The van der Waals surface area contributed by atoms with Crippen molar-refractivity contribution in [2.24, 2.45) is 5.73 Å². The van der Waals surface area contributed by atoms with E-state index in [0.29, 0.717) is 12.1 Å². The van der Waals surface area contributed by atoms with E-state index in [-0.39, 0.29) is 24.9 Å². The number of hydrogen-bond acceptors (Lipinski definition) is 2. The third kappa shape index (κ3) is 2.38. The Morgan fingerprint density at radius 2 is 1.72 bits per heavy atom. The van der Waals surface area contributed by atoms with Crippen molar-refractivity contribution in [2.75, 3.05) is 6.54 Å². The number of benzene rings is 1. The molecule has 2 aliphatic rings. The second-order valence-electron chi connectivity index (χ2n) is 5.07. The van der Waals surface area contributed by atoms with E-state index in [0.717, 1.165) is 25.7 Å². The first-order chi connectivity index (χ1) is 8.29. The molecule has 3 nitrogen and oxygen atoms in total. The van der Waals surface area contributed by atoms with Crippen molar-refractivity contribution in [2.45, 2.75) is 37.8 Å². The number of rotatable bonds is 3. The zero-order valence-electron chi connectivity index (χ0n) is 10.3. The van der Waals surface area contributed by atoms with Gasteiger partial charge in [0.15, 0.2) is 0 Å². The van der Waals surface area contributed by atoms with Gasteiger partial charge in [-0.2, -0.15) is 0 Å². The highest BCUT2D eigenvalue weighted by Gasteiger charge is 2.38. The molecule has 18 heavy (non-hydrogen) atoms. The fourth-order valence-electron chi connectivity index (χ4n) is 2.90. The van der Waals surface area contributed by atoms with Crippen LogP contribution in [0.3, 0.4) is 0 Å². The van der Waals surface area contributed by atoms with Crippen LogP contribution in [0.2, 0.25) is 0 Å². The average molecular weight is 267 g/mol. The summed E-state index contributed by atoms with van der Waals surface area (Å²) >= 11 is 0.